The van der Waals surface area contributed by atoms with Gasteiger partial charge in [0.15, 0.2) is 5.69 Å². The van der Waals surface area contributed by atoms with Crippen LogP contribution in [0, 0.1) is 13.8 Å². The molecule has 0 spiro atoms. The first-order valence-electron chi connectivity index (χ1n) is 5.56. The molecule has 0 fully saturated rings. The molecule has 0 N–H and O–H groups in total. The number of hydrogen-bond donors (Lipinski definition) is 0. The van der Waals surface area contributed by atoms with Gasteiger partial charge in [-0.25, -0.2) is 0 Å². The normalized spacial score (nSPS) is 10.8. The van der Waals surface area contributed by atoms with Crippen LogP contribution in [0.5, 0.6) is 0 Å². The standard InChI is InChI=1S/C13H11N3O2/c1-8-4-3-5-10(6-8)12-14-15-13(17-12)11-7-9(2)18-16-11/h3-7H,1-2H3. The predicted molar refractivity (Wildman–Crippen MR) is 64.7 cm³/mol. The minimum absolute atomic E-state index is 0.364. The molecule has 0 atom stereocenters. The third kappa shape index (κ3) is 1.90. The van der Waals surface area contributed by atoms with Gasteiger partial charge in [0.05, 0.1) is 0 Å². The van der Waals surface area contributed by atoms with E-state index in [0.717, 1.165) is 11.1 Å². The van der Waals surface area contributed by atoms with E-state index >= 15 is 0 Å². The lowest BCUT2D eigenvalue weighted by atomic mass is 10.1. The molecule has 1 aromatic carbocycles. The van der Waals surface area contributed by atoms with E-state index in [1.54, 1.807) is 6.07 Å². The minimum Gasteiger partial charge on any atom is -0.414 e. The van der Waals surface area contributed by atoms with Crippen LogP contribution in [-0.2, 0) is 0 Å². The third-order valence-corrected chi connectivity index (χ3v) is 2.54. The highest BCUT2D eigenvalue weighted by Crippen LogP contribution is 2.23. The molecule has 0 aliphatic heterocycles. The molecular formula is C13H11N3O2. The van der Waals surface area contributed by atoms with Crippen LogP contribution >= 0.6 is 0 Å². The van der Waals surface area contributed by atoms with E-state index in [9.17, 15) is 0 Å². The number of rotatable bonds is 2. The molecule has 0 amide bonds. The first kappa shape index (κ1) is 10.7. The molecule has 2 aromatic heterocycles. The Labute approximate surface area is 103 Å². The molecule has 0 unspecified atom stereocenters. The third-order valence-electron chi connectivity index (χ3n) is 2.54. The molecule has 0 saturated heterocycles. The van der Waals surface area contributed by atoms with Gasteiger partial charge in [-0.3, -0.25) is 0 Å². The summed E-state index contributed by atoms with van der Waals surface area (Å²) >= 11 is 0. The van der Waals surface area contributed by atoms with Crippen molar-refractivity contribution in [2.24, 2.45) is 0 Å². The summed E-state index contributed by atoms with van der Waals surface area (Å²) in [6.45, 7) is 3.83. The smallest absolute Gasteiger partial charge is 0.270 e. The van der Waals surface area contributed by atoms with Crippen LogP contribution in [-0.4, -0.2) is 15.4 Å². The van der Waals surface area contributed by atoms with E-state index in [4.69, 9.17) is 8.94 Å². The van der Waals surface area contributed by atoms with Crippen molar-refractivity contribution in [3.05, 3.63) is 41.7 Å². The monoisotopic (exact) mass is 241 g/mol. The largest absolute Gasteiger partial charge is 0.414 e. The second kappa shape index (κ2) is 4.10. The van der Waals surface area contributed by atoms with Crippen molar-refractivity contribution in [1.29, 1.82) is 0 Å². The van der Waals surface area contributed by atoms with Crippen molar-refractivity contribution in [1.82, 2.24) is 15.4 Å². The molecular weight excluding hydrogens is 230 g/mol. The topological polar surface area (TPSA) is 65.0 Å². The lowest BCUT2D eigenvalue weighted by Gasteiger charge is -1.95. The highest BCUT2D eigenvalue weighted by molar-refractivity contribution is 5.56. The summed E-state index contributed by atoms with van der Waals surface area (Å²) in [5.74, 6) is 1.55. The van der Waals surface area contributed by atoms with Gasteiger partial charge in [0.25, 0.3) is 5.89 Å². The Hall–Kier alpha value is -2.43. The van der Waals surface area contributed by atoms with Crippen LogP contribution in [0.2, 0.25) is 0 Å². The molecule has 90 valence electrons. The Morgan fingerprint density at radius 3 is 2.56 bits per heavy atom. The van der Waals surface area contributed by atoms with E-state index in [2.05, 4.69) is 15.4 Å². The Morgan fingerprint density at radius 2 is 1.83 bits per heavy atom. The zero-order chi connectivity index (χ0) is 12.5. The van der Waals surface area contributed by atoms with Crippen LogP contribution in [0.1, 0.15) is 11.3 Å². The zero-order valence-electron chi connectivity index (χ0n) is 10.0. The maximum atomic E-state index is 5.58. The number of aryl methyl sites for hydroxylation is 2. The van der Waals surface area contributed by atoms with Gasteiger partial charge < -0.3 is 8.94 Å². The van der Waals surface area contributed by atoms with E-state index in [1.807, 2.05) is 38.1 Å². The van der Waals surface area contributed by atoms with Gasteiger partial charge in [0, 0.05) is 11.6 Å². The van der Waals surface area contributed by atoms with Crippen LogP contribution in [0.3, 0.4) is 0 Å². The molecule has 0 radical (unpaired) electrons. The Kier molecular flexibility index (Phi) is 2.44. The van der Waals surface area contributed by atoms with Crippen LogP contribution in [0.25, 0.3) is 23.0 Å². The second-order valence-electron chi connectivity index (χ2n) is 4.10. The summed E-state index contributed by atoms with van der Waals surface area (Å²) in [6, 6.07) is 9.65. The van der Waals surface area contributed by atoms with Gasteiger partial charge in [-0.15, -0.1) is 10.2 Å². The van der Waals surface area contributed by atoms with Crippen LogP contribution in [0.15, 0.2) is 39.3 Å². The first-order chi connectivity index (χ1) is 8.72. The minimum atomic E-state index is 0.364. The molecule has 0 bridgehead atoms. The van der Waals surface area contributed by atoms with Gasteiger partial charge in [0.1, 0.15) is 5.76 Å². The summed E-state index contributed by atoms with van der Waals surface area (Å²) in [5.41, 5.74) is 2.59. The molecule has 0 saturated carbocycles. The van der Waals surface area contributed by atoms with Crippen LogP contribution < -0.4 is 0 Å². The maximum absolute atomic E-state index is 5.58. The summed E-state index contributed by atoms with van der Waals surface area (Å²) < 4.78 is 10.6. The van der Waals surface area contributed by atoms with Crippen molar-refractivity contribution >= 4 is 0 Å². The fourth-order valence-electron chi connectivity index (χ4n) is 1.69. The van der Waals surface area contributed by atoms with Gasteiger partial charge in [-0.1, -0.05) is 22.9 Å². The number of hydrogen-bond acceptors (Lipinski definition) is 5. The predicted octanol–water partition coefficient (Wildman–Crippen LogP) is 3.01. The molecule has 2 heterocycles. The maximum Gasteiger partial charge on any atom is 0.270 e. The Morgan fingerprint density at radius 1 is 1.00 bits per heavy atom. The summed E-state index contributed by atoms with van der Waals surface area (Å²) in [5, 5.41) is 11.8. The molecule has 0 aliphatic rings. The average molecular weight is 241 g/mol. The SMILES string of the molecule is Cc1cccc(-c2nnc(-c3cc(C)on3)o2)c1. The quantitative estimate of drug-likeness (QED) is 0.690. The number of nitrogens with zero attached hydrogens (tertiary/aromatic N) is 3. The fourth-order valence-corrected chi connectivity index (χ4v) is 1.69. The van der Waals surface area contributed by atoms with Gasteiger partial charge in [-0.05, 0) is 26.0 Å². The van der Waals surface area contributed by atoms with Crippen LogP contribution in [0.4, 0.5) is 0 Å². The van der Waals surface area contributed by atoms with E-state index < -0.39 is 0 Å². The molecule has 18 heavy (non-hydrogen) atoms. The lowest BCUT2D eigenvalue weighted by Crippen LogP contribution is -1.78. The van der Waals surface area contributed by atoms with Crippen molar-refractivity contribution in [3.63, 3.8) is 0 Å². The lowest BCUT2D eigenvalue weighted by molar-refractivity contribution is 0.397. The summed E-state index contributed by atoms with van der Waals surface area (Å²) in [6.07, 6.45) is 0. The van der Waals surface area contributed by atoms with Gasteiger partial charge in [0.2, 0.25) is 5.89 Å². The Bertz CT molecular complexity index is 685. The first-order valence-corrected chi connectivity index (χ1v) is 5.56. The van der Waals surface area contributed by atoms with Gasteiger partial charge >= 0.3 is 0 Å². The highest BCUT2D eigenvalue weighted by atomic mass is 16.5. The average Bonchev–Trinajstić information content (AvgIpc) is 2.97. The summed E-state index contributed by atoms with van der Waals surface area (Å²) in [4.78, 5) is 0. The molecule has 5 nitrogen and oxygen atoms in total. The molecule has 3 aromatic rings. The number of aromatic nitrogens is 3. The number of benzene rings is 1. The molecule has 3 rings (SSSR count). The fraction of sp³-hybridized carbons (Fsp3) is 0.154. The van der Waals surface area contributed by atoms with Gasteiger partial charge in [-0.2, -0.15) is 0 Å². The second-order valence-corrected chi connectivity index (χ2v) is 4.10. The summed E-state index contributed by atoms with van der Waals surface area (Å²) in [7, 11) is 0. The van der Waals surface area contributed by atoms with Crippen molar-refractivity contribution in [3.8, 4) is 23.0 Å². The Balaban J connectivity index is 1.99. The van der Waals surface area contributed by atoms with E-state index in [1.165, 1.54) is 0 Å². The van der Waals surface area contributed by atoms with Crippen molar-refractivity contribution in [2.45, 2.75) is 13.8 Å². The van der Waals surface area contributed by atoms with E-state index in [-0.39, 0.29) is 0 Å². The van der Waals surface area contributed by atoms with E-state index in [0.29, 0.717) is 23.2 Å². The molecule has 0 aliphatic carbocycles. The zero-order valence-corrected chi connectivity index (χ0v) is 10.0. The highest BCUT2D eigenvalue weighted by Gasteiger charge is 2.13. The molecule has 5 heteroatoms. The van der Waals surface area contributed by atoms with Crippen molar-refractivity contribution in [2.75, 3.05) is 0 Å². The van der Waals surface area contributed by atoms with Crippen molar-refractivity contribution < 1.29 is 8.94 Å².